The summed E-state index contributed by atoms with van der Waals surface area (Å²) in [4.78, 5) is 37.8. The molecular weight excluding hydrogens is 310 g/mol. The number of ether oxygens (including phenoxy) is 1. The highest BCUT2D eigenvalue weighted by atomic mass is 35.5. The van der Waals surface area contributed by atoms with E-state index in [1.807, 2.05) is 0 Å². The first-order chi connectivity index (χ1) is 10.5. The lowest BCUT2D eigenvalue weighted by Crippen LogP contribution is -2.36. The minimum Gasteiger partial charge on any atom is -0.464 e. The number of imide groups is 1. The van der Waals surface area contributed by atoms with Crippen molar-refractivity contribution in [1.82, 2.24) is 5.43 Å². The van der Waals surface area contributed by atoms with Gasteiger partial charge < -0.3 is 4.74 Å². The number of nitrogens with one attached hydrogen (secondary N) is 1. The monoisotopic (exact) mass is 321 g/mol. The van der Waals surface area contributed by atoms with Crippen LogP contribution in [0.2, 0.25) is 5.02 Å². The van der Waals surface area contributed by atoms with Crippen LogP contribution in [-0.2, 0) is 19.1 Å². The third-order valence-corrected chi connectivity index (χ3v) is 4.21. The lowest BCUT2D eigenvalue weighted by atomic mass is 9.99. The van der Waals surface area contributed by atoms with Crippen molar-refractivity contribution in [2.24, 2.45) is 11.0 Å². The van der Waals surface area contributed by atoms with Gasteiger partial charge in [-0.3, -0.25) is 15.0 Å². The molecule has 1 saturated heterocycles. The van der Waals surface area contributed by atoms with Crippen molar-refractivity contribution in [2.75, 3.05) is 12.0 Å². The molecule has 114 valence electrons. The van der Waals surface area contributed by atoms with Gasteiger partial charge in [0, 0.05) is 5.02 Å². The lowest BCUT2D eigenvalue weighted by Gasteiger charge is -2.18. The van der Waals surface area contributed by atoms with Crippen LogP contribution in [0.1, 0.15) is 5.56 Å². The van der Waals surface area contributed by atoms with E-state index >= 15 is 0 Å². The van der Waals surface area contributed by atoms with Gasteiger partial charge in [-0.2, -0.15) is 5.10 Å². The molecule has 0 aliphatic carbocycles. The van der Waals surface area contributed by atoms with Crippen LogP contribution < -0.4 is 10.3 Å². The van der Waals surface area contributed by atoms with Crippen molar-refractivity contribution in [2.45, 2.75) is 13.0 Å². The molecule has 22 heavy (non-hydrogen) atoms. The van der Waals surface area contributed by atoms with Crippen LogP contribution in [0, 0.1) is 12.8 Å². The van der Waals surface area contributed by atoms with Gasteiger partial charge in [0.15, 0.2) is 5.71 Å². The molecule has 1 N–H and O–H groups in total. The first-order valence-electron chi connectivity index (χ1n) is 6.51. The summed E-state index contributed by atoms with van der Waals surface area (Å²) in [7, 11) is 1.19. The van der Waals surface area contributed by atoms with Crippen LogP contribution in [0.3, 0.4) is 0 Å². The number of esters is 1. The number of amides is 2. The van der Waals surface area contributed by atoms with E-state index in [0.29, 0.717) is 16.3 Å². The number of rotatable bonds is 2. The lowest BCUT2D eigenvalue weighted by molar-refractivity contribution is -0.133. The third-order valence-electron chi connectivity index (χ3n) is 3.80. The Balaban J connectivity index is 2.02. The Morgan fingerprint density at radius 2 is 2.09 bits per heavy atom. The smallest absolute Gasteiger partial charge is 0.355 e. The zero-order chi connectivity index (χ0) is 16.0. The van der Waals surface area contributed by atoms with Gasteiger partial charge in [-0.05, 0) is 24.6 Å². The number of halogens is 1. The van der Waals surface area contributed by atoms with E-state index in [0.717, 1.165) is 4.90 Å². The van der Waals surface area contributed by atoms with Gasteiger partial charge in [0.05, 0.1) is 12.8 Å². The van der Waals surface area contributed by atoms with Crippen LogP contribution in [0.25, 0.3) is 0 Å². The van der Waals surface area contributed by atoms with Crippen molar-refractivity contribution >= 4 is 40.8 Å². The molecule has 2 atom stereocenters. The molecule has 0 aromatic heterocycles. The summed E-state index contributed by atoms with van der Waals surface area (Å²) in [6.07, 6.45) is 0. The van der Waals surface area contributed by atoms with E-state index in [1.54, 1.807) is 25.1 Å². The van der Waals surface area contributed by atoms with Crippen LogP contribution in [-0.4, -0.2) is 36.6 Å². The number of carbonyl (C=O) groups is 3. The first-order valence-corrected chi connectivity index (χ1v) is 6.89. The summed E-state index contributed by atoms with van der Waals surface area (Å²) in [5.74, 6) is -2.69. The molecule has 2 aliphatic heterocycles. The van der Waals surface area contributed by atoms with E-state index in [-0.39, 0.29) is 5.71 Å². The molecule has 0 spiro atoms. The Morgan fingerprint density at radius 1 is 1.36 bits per heavy atom. The number of nitrogens with zero attached hydrogens (tertiary/aromatic N) is 2. The van der Waals surface area contributed by atoms with Gasteiger partial charge in [0.1, 0.15) is 12.0 Å². The van der Waals surface area contributed by atoms with E-state index in [9.17, 15) is 14.4 Å². The molecule has 2 amide bonds. The maximum absolute atomic E-state index is 12.6. The normalized spacial score (nSPS) is 23.2. The molecule has 0 bridgehead atoms. The number of anilines is 1. The topological polar surface area (TPSA) is 88.1 Å². The highest BCUT2D eigenvalue weighted by Crippen LogP contribution is 2.34. The molecule has 8 heteroatoms. The number of methoxy groups -OCH3 is 1. The largest absolute Gasteiger partial charge is 0.464 e. The van der Waals surface area contributed by atoms with E-state index in [4.69, 9.17) is 11.6 Å². The first kappa shape index (κ1) is 14.5. The number of carbonyl (C=O) groups excluding carboxylic acids is 3. The zero-order valence-electron chi connectivity index (χ0n) is 11.8. The molecule has 7 nitrogen and oxygen atoms in total. The molecule has 0 radical (unpaired) electrons. The van der Waals surface area contributed by atoms with E-state index in [2.05, 4.69) is 15.3 Å². The van der Waals surface area contributed by atoms with Gasteiger partial charge in [-0.15, -0.1) is 0 Å². The Kier molecular flexibility index (Phi) is 3.37. The summed E-state index contributed by atoms with van der Waals surface area (Å²) in [5.41, 5.74) is 3.47. The second kappa shape index (κ2) is 5.10. The molecule has 3 rings (SSSR count). The number of benzene rings is 1. The summed E-state index contributed by atoms with van der Waals surface area (Å²) in [6, 6.07) is 4.07. The second-order valence-corrected chi connectivity index (χ2v) is 5.38. The van der Waals surface area contributed by atoms with Crippen molar-refractivity contribution in [3.05, 3.63) is 28.8 Å². The SMILES string of the molecule is COC(=O)C1=NN[C@H]2C(=O)N(c3cccc(Cl)c3C)C(=O)[C@H]12. The van der Waals surface area contributed by atoms with Crippen molar-refractivity contribution < 1.29 is 19.1 Å². The van der Waals surface area contributed by atoms with Gasteiger partial charge in [0.25, 0.3) is 5.91 Å². The Morgan fingerprint density at radius 3 is 2.77 bits per heavy atom. The fraction of sp³-hybridized carbons (Fsp3) is 0.286. The van der Waals surface area contributed by atoms with Crippen LogP contribution in [0.5, 0.6) is 0 Å². The van der Waals surface area contributed by atoms with Gasteiger partial charge in [-0.1, -0.05) is 17.7 Å². The fourth-order valence-corrected chi connectivity index (χ4v) is 2.81. The molecule has 1 fully saturated rings. The molecular formula is C14H12ClN3O4. The van der Waals surface area contributed by atoms with E-state index in [1.165, 1.54) is 7.11 Å². The summed E-state index contributed by atoms with van der Waals surface area (Å²) in [6.45, 7) is 1.72. The number of hydrogen-bond acceptors (Lipinski definition) is 6. The fourth-order valence-electron chi connectivity index (χ4n) is 2.64. The molecule has 1 aromatic rings. The van der Waals surface area contributed by atoms with Gasteiger partial charge in [-0.25, -0.2) is 9.69 Å². The average Bonchev–Trinajstić information content (AvgIpc) is 3.04. The quantitative estimate of drug-likeness (QED) is 0.638. The maximum Gasteiger partial charge on any atom is 0.355 e. The number of hydrazone groups is 1. The van der Waals surface area contributed by atoms with Crippen LogP contribution >= 0.6 is 11.6 Å². The van der Waals surface area contributed by atoms with Crippen molar-refractivity contribution in [1.29, 1.82) is 0 Å². The number of fused-ring (bicyclic) bond motifs is 1. The minimum atomic E-state index is -0.974. The Bertz CT molecular complexity index is 731. The predicted octanol–water partition coefficient (Wildman–Crippen LogP) is 0.639. The van der Waals surface area contributed by atoms with Crippen molar-refractivity contribution in [3.8, 4) is 0 Å². The highest BCUT2D eigenvalue weighted by molar-refractivity contribution is 6.46. The molecule has 0 saturated carbocycles. The predicted molar refractivity (Wildman–Crippen MR) is 78.5 cm³/mol. The third kappa shape index (κ3) is 1.89. The molecule has 2 aliphatic rings. The number of hydrogen-bond donors (Lipinski definition) is 1. The minimum absolute atomic E-state index is 0.0898. The average molecular weight is 322 g/mol. The maximum atomic E-state index is 12.6. The second-order valence-electron chi connectivity index (χ2n) is 4.97. The standard InChI is InChI=1S/C14H12ClN3O4/c1-6-7(15)4-3-5-8(6)18-12(19)9-10(13(18)20)16-17-11(9)14(21)22-2/h3-5,9-10,16H,1-2H3/t9-,10+/m0/s1. The highest BCUT2D eigenvalue weighted by Gasteiger charge is 2.55. The van der Waals surface area contributed by atoms with Gasteiger partial charge in [0.2, 0.25) is 5.91 Å². The van der Waals surface area contributed by atoms with Crippen LogP contribution in [0.4, 0.5) is 5.69 Å². The Labute approximate surface area is 130 Å². The van der Waals surface area contributed by atoms with Gasteiger partial charge >= 0.3 is 5.97 Å². The molecule has 0 unspecified atom stereocenters. The summed E-state index contributed by atoms with van der Waals surface area (Å²) >= 11 is 6.05. The van der Waals surface area contributed by atoms with Crippen molar-refractivity contribution in [3.63, 3.8) is 0 Å². The zero-order valence-corrected chi connectivity index (χ0v) is 12.5. The molecule has 1 aromatic carbocycles. The molecule has 2 heterocycles. The van der Waals surface area contributed by atoms with E-state index < -0.39 is 29.7 Å². The summed E-state index contributed by atoms with van der Waals surface area (Å²) < 4.78 is 4.60. The van der Waals surface area contributed by atoms with Crippen LogP contribution in [0.15, 0.2) is 23.3 Å². The summed E-state index contributed by atoms with van der Waals surface area (Å²) in [5, 5.41) is 4.21. The Hall–Kier alpha value is -2.41.